The van der Waals surface area contributed by atoms with Crippen molar-refractivity contribution in [1.29, 1.82) is 0 Å². The average molecular weight is 246 g/mol. The minimum atomic E-state index is 0.683. The highest BCUT2D eigenvalue weighted by atomic mass is 16.5. The van der Waals surface area contributed by atoms with Crippen LogP contribution >= 0.6 is 0 Å². The molecular formula is C13H18N4O. The van der Waals surface area contributed by atoms with Crippen LogP contribution in [0.25, 0.3) is 0 Å². The van der Waals surface area contributed by atoms with Gasteiger partial charge in [0.05, 0.1) is 19.3 Å². The lowest BCUT2D eigenvalue weighted by Gasteiger charge is -2.03. The summed E-state index contributed by atoms with van der Waals surface area (Å²) in [5.74, 6) is 0.857. The molecular weight excluding hydrogens is 228 g/mol. The first kappa shape index (κ1) is 12.6. The number of benzene rings is 1. The van der Waals surface area contributed by atoms with E-state index in [0.717, 1.165) is 29.8 Å². The van der Waals surface area contributed by atoms with Crippen LogP contribution in [-0.2, 0) is 13.0 Å². The first-order valence-corrected chi connectivity index (χ1v) is 6.04. The molecule has 0 aliphatic rings. The van der Waals surface area contributed by atoms with E-state index in [4.69, 9.17) is 10.5 Å². The maximum atomic E-state index is 5.47. The third kappa shape index (κ3) is 3.30. The molecule has 1 heterocycles. The highest BCUT2D eigenvalue weighted by molar-refractivity contribution is 5.28. The molecule has 5 heteroatoms. The average Bonchev–Trinajstić information content (AvgIpc) is 2.84. The first-order chi connectivity index (χ1) is 8.81. The quantitative estimate of drug-likeness (QED) is 0.832. The number of nitrogens with two attached hydrogens (primary N) is 1. The van der Waals surface area contributed by atoms with Crippen LogP contribution in [0.4, 0.5) is 0 Å². The Kier molecular flexibility index (Phi) is 4.30. The van der Waals surface area contributed by atoms with Crippen LogP contribution in [0, 0.1) is 0 Å². The van der Waals surface area contributed by atoms with Gasteiger partial charge < -0.3 is 10.5 Å². The Morgan fingerprint density at radius 1 is 1.39 bits per heavy atom. The van der Waals surface area contributed by atoms with Gasteiger partial charge in [-0.15, -0.1) is 5.10 Å². The van der Waals surface area contributed by atoms with Gasteiger partial charge >= 0.3 is 0 Å². The molecule has 0 fully saturated rings. The molecule has 0 atom stereocenters. The van der Waals surface area contributed by atoms with Gasteiger partial charge in [-0.3, -0.25) is 0 Å². The van der Waals surface area contributed by atoms with Crippen LogP contribution in [0.2, 0.25) is 0 Å². The number of ether oxygens (including phenoxy) is 1. The molecule has 18 heavy (non-hydrogen) atoms. The number of aromatic nitrogens is 3. The van der Waals surface area contributed by atoms with E-state index in [1.165, 1.54) is 0 Å². The lowest BCUT2D eigenvalue weighted by atomic mass is 10.2. The van der Waals surface area contributed by atoms with Crippen molar-refractivity contribution in [3.63, 3.8) is 0 Å². The fourth-order valence-corrected chi connectivity index (χ4v) is 1.77. The SMILES string of the molecule is COc1cccc(Cn2cc(CCCN)nn2)c1. The number of aryl methyl sites for hydroxylation is 1. The third-order valence-electron chi connectivity index (χ3n) is 2.70. The lowest BCUT2D eigenvalue weighted by molar-refractivity contribution is 0.414. The molecule has 0 spiro atoms. The predicted molar refractivity (Wildman–Crippen MR) is 69.5 cm³/mol. The summed E-state index contributed by atoms with van der Waals surface area (Å²) in [7, 11) is 1.67. The maximum absolute atomic E-state index is 5.47. The molecule has 0 bridgehead atoms. The summed E-state index contributed by atoms with van der Waals surface area (Å²) in [6, 6.07) is 7.95. The van der Waals surface area contributed by atoms with Gasteiger partial charge in [0.1, 0.15) is 5.75 Å². The van der Waals surface area contributed by atoms with Crippen molar-refractivity contribution < 1.29 is 4.74 Å². The standard InChI is InChI=1S/C13H18N4O/c1-18-13-6-2-4-11(8-13)9-17-10-12(15-16-17)5-3-7-14/h2,4,6,8,10H,3,5,7,9,14H2,1H3. The van der Waals surface area contributed by atoms with E-state index >= 15 is 0 Å². The third-order valence-corrected chi connectivity index (χ3v) is 2.70. The van der Waals surface area contributed by atoms with E-state index < -0.39 is 0 Å². The number of nitrogens with zero attached hydrogens (tertiary/aromatic N) is 3. The number of hydrogen-bond acceptors (Lipinski definition) is 4. The minimum Gasteiger partial charge on any atom is -0.497 e. The van der Waals surface area contributed by atoms with E-state index in [2.05, 4.69) is 10.3 Å². The molecule has 0 saturated heterocycles. The van der Waals surface area contributed by atoms with Crippen LogP contribution in [0.1, 0.15) is 17.7 Å². The summed E-state index contributed by atoms with van der Waals surface area (Å²) < 4.78 is 7.03. The molecule has 1 aromatic carbocycles. The van der Waals surface area contributed by atoms with Crippen molar-refractivity contribution in [1.82, 2.24) is 15.0 Å². The van der Waals surface area contributed by atoms with Gasteiger partial charge in [-0.1, -0.05) is 17.3 Å². The van der Waals surface area contributed by atoms with E-state index in [1.54, 1.807) is 7.11 Å². The summed E-state index contributed by atoms with van der Waals surface area (Å²) in [6.45, 7) is 1.38. The highest BCUT2D eigenvalue weighted by Crippen LogP contribution is 2.13. The zero-order valence-corrected chi connectivity index (χ0v) is 10.5. The van der Waals surface area contributed by atoms with E-state index in [0.29, 0.717) is 13.1 Å². The fraction of sp³-hybridized carbons (Fsp3) is 0.385. The van der Waals surface area contributed by atoms with Crippen LogP contribution in [0.5, 0.6) is 5.75 Å². The molecule has 0 amide bonds. The molecule has 0 aliphatic heterocycles. The van der Waals surface area contributed by atoms with Crippen molar-refractivity contribution in [3.05, 3.63) is 41.7 Å². The van der Waals surface area contributed by atoms with E-state index in [-0.39, 0.29) is 0 Å². The number of rotatable bonds is 6. The van der Waals surface area contributed by atoms with Gasteiger partial charge in [0.2, 0.25) is 0 Å². The van der Waals surface area contributed by atoms with Crippen molar-refractivity contribution in [2.75, 3.05) is 13.7 Å². The van der Waals surface area contributed by atoms with Gasteiger partial charge in [0.25, 0.3) is 0 Å². The van der Waals surface area contributed by atoms with Crippen LogP contribution in [-0.4, -0.2) is 28.6 Å². The monoisotopic (exact) mass is 246 g/mol. The predicted octanol–water partition coefficient (Wildman–Crippen LogP) is 1.23. The Labute approximate surface area is 107 Å². The van der Waals surface area contributed by atoms with Gasteiger partial charge in [0, 0.05) is 6.20 Å². The second-order valence-electron chi connectivity index (χ2n) is 4.15. The Balaban J connectivity index is 2.01. The first-order valence-electron chi connectivity index (χ1n) is 6.04. The molecule has 0 radical (unpaired) electrons. The van der Waals surface area contributed by atoms with Crippen LogP contribution in [0.15, 0.2) is 30.5 Å². The Hall–Kier alpha value is -1.88. The van der Waals surface area contributed by atoms with Gasteiger partial charge in [-0.05, 0) is 37.1 Å². The molecule has 5 nitrogen and oxygen atoms in total. The topological polar surface area (TPSA) is 66.0 Å². The zero-order valence-electron chi connectivity index (χ0n) is 10.5. The largest absolute Gasteiger partial charge is 0.497 e. The van der Waals surface area contributed by atoms with Crippen molar-refractivity contribution >= 4 is 0 Å². The van der Waals surface area contributed by atoms with Crippen LogP contribution < -0.4 is 10.5 Å². The molecule has 2 rings (SSSR count). The summed E-state index contributed by atoms with van der Waals surface area (Å²) >= 11 is 0. The van der Waals surface area contributed by atoms with Gasteiger partial charge in [0.15, 0.2) is 0 Å². The Bertz CT molecular complexity index is 495. The number of methoxy groups -OCH3 is 1. The molecule has 96 valence electrons. The second kappa shape index (κ2) is 6.16. The number of hydrogen-bond donors (Lipinski definition) is 1. The smallest absolute Gasteiger partial charge is 0.119 e. The summed E-state index contributed by atoms with van der Waals surface area (Å²) in [5.41, 5.74) is 7.60. The minimum absolute atomic E-state index is 0.683. The molecule has 0 aliphatic carbocycles. The van der Waals surface area contributed by atoms with Crippen molar-refractivity contribution in [2.45, 2.75) is 19.4 Å². The van der Waals surface area contributed by atoms with Crippen LogP contribution in [0.3, 0.4) is 0 Å². The fourth-order valence-electron chi connectivity index (χ4n) is 1.77. The molecule has 2 aromatic rings. The second-order valence-corrected chi connectivity index (χ2v) is 4.15. The molecule has 1 aromatic heterocycles. The van der Waals surface area contributed by atoms with Gasteiger partial charge in [-0.2, -0.15) is 0 Å². The van der Waals surface area contributed by atoms with Crippen molar-refractivity contribution in [2.24, 2.45) is 5.73 Å². The Morgan fingerprint density at radius 3 is 3.06 bits per heavy atom. The summed E-state index contributed by atoms with van der Waals surface area (Å²) in [6.07, 6.45) is 3.79. The molecule has 0 unspecified atom stereocenters. The van der Waals surface area contributed by atoms with Crippen molar-refractivity contribution in [3.8, 4) is 5.75 Å². The Morgan fingerprint density at radius 2 is 2.28 bits per heavy atom. The maximum Gasteiger partial charge on any atom is 0.119 e. The highest BCUT2D eigenvalue weighted by Gasteiger charge is 2.02. The van der Waals surface area contributed by atoms with E-state index in [1.807, 2.05) is 35.1 Å². The van der Waals surface area contributed by atoms with E-state index in [9.17, 15) is 0 Å². The molecule has 0 saturated carbocycles. The normalized spacial score (nSPS) is 10.6. The molecule has 2 N–H and O–H groups in total. The summed E-state index contributed by atoms with van der Waals surface area (Å²) in [5, 5.41) is 8.22. The summed E-state index contributed by atoms with van der Waals surface area (Å²) in [4.78, 5) is 0. The lowest BCUT2D eigenvalue weighted by Crippen LogP contribution is -2.01. The zero-order chi connectivity index (χ0) is 12.8. The van der Waals surface area contributed by atoms with Gasteiger partial charge in [-0.25, -0.2) is 4.68 Å².